The zero-order valence-corrected chi connectivity index (χ0v) is 13.2. The lowest BCUT2D eigenvalue weighted by atomic mass is 10.1. The van der Waals surface area contributed by atoms with E-state index in [1.807, 2.05) is 0 Å². The summed E-state index contributed by atoms with van der Waals surface area (Å²) in [6, 6.07) is 4.69. The number of nitrogens with two attached hydrogens (primary N) is 1. The lowest BCUT2D eigenvalue weighted by molar-refractivity contribution is -0.129. The number of halogens is 1. The van der Waals surface area contributed by atoms with Crippen LogP contribution in [-0.4, -0.2) is 24.5 Å². The monoisotopic (exact) mass is 312 g/mol. The molecule has 0 saturated heterocycles. The highest BCUT2D eigenvalue weighted by molar-refractivity contribution is 6.33. The van der Waals surface area contributed by atoms with Crippen LogP contribution in [0.3, 0.4) is 0 Å². The van der Waals surface area contributed by atoms with E-state index in [0.29, 0.717) is 12.5 Å². The predicted molar refractivity (Wildman–Crippen MR) is 83.2 cm³/mol. The van der Waals surface area contributed by atoms with Gasteiger partial charge in [-0.05, 0) is 31.4 Å². The summed E-state index contributed by atoms with van der Waals surface area (Å²) in [6.07, 6.45) is -0.0174. The normalized spacial score (nSPS) is 12.0. The number of carbonyl (C=O) groups excluding carboxylic acids is 2. The van der Waals surface area contributed by atoms with Crippen molar-refractivity contribution in [2.75, 3.05) is 12.3 Å². The average Bonchev–Trinajstić information content (AvgIpc) is 2.41. The summed E-state index contributed by atoms with van der Waals surface area (Å²) < 4.78 is 5.10. The number of anilines is 1. The van der Waals surface area contributed by atoms with Gasteiger partial charge in [-0.1, -0.05) is 31.5 Å². The van der Waals surface area contributed by atoms with Gasteiger partial charge in [0.1, 0.15) is 0 Å². The second-order valence-electron chi connectivity index (χ2n) is 5.22. The fraction of sp³-hybridized carbons (Fsp3) is 0.467. The van der Waals surface area contributed by atoms with Crippen molar-refractivity contribution in [3.63, 3.8) is 0 Å². The molecule has 0 fully saturated rings. The molecule has 21 heavy (non-hydrogen) atoms. The van der Waals surface area contributed by atoms with Crippen LogP contribution in [0, 0.1) is 5.92 Å². The Labute approximate surface area is 129 Å². The van der Waals surface area contributed by atoms with Crippen LogP contribution in [0.15, 0.2) is 18.2 Å². The highest BCUT2D eigenvalue weighted by Crippen LogP contribution is 2.23. The molecule has 0 aromatic heterocycles. The molecule has 0 aliphatic carbocycles. The summed E-state index contributed by atoms with van der Waals surface area (Å²) in [7, 11) is 0. The van der Waals surface area contributed by atoms with E-state index < -0.39 is 12.1 Å². The van der Waals surface area contributed by atoms with Crippen molar-refractivity contribution >= 4 is 29.2 Å². The third-order valence-electron chi connectivity index (χ3n) is 2.95. The van der Waals surface area contributed by atoms with E-state index in [2.05, 4.69) is 19.2 Å². The largest absolute Gasteiger partial charge is 0.449 e. The van der Waals surface area contributed by atoms with Crippen molar-refractivity contribution < 1.29 is 14.3 Å². The Bertz CT molecular complexity index is 518. The molecule has 0 radical (unpaired) electrons. The zero-order chi connectivity index (χ0) is 16.0. The number of hydrogen-bond acceptors (Lipinski definition) is 4. The van der Waals surface area contributed by atoms with Crippen LogP contribution in [0.5, 0.6) is 0 Å². The Morgan fingerprint density at radius 3 is 2.62 bits per heavy atom. The number of benzene rings is 1. The molecule has 1 unspecified atom stereocenters. The fourth-order valence-corrected chi connectivity index (χ4v) is 1.79. The number of para-hydroxylation sites is 1. The quantitative estimate of drug-likeness (QED) is 0.625. The maximum atomic E-state index is 12.0. The van der Waals surface area contributed by atoms with Gasteiger partial charge in [0.25, 0.3) is 5.91 Å². The van der Waals surface area contributed by atoms with E-state index >= 15 is 0 Å². The second-order valence-corrected chi connectivity index (χ2v) is 5.63. The van der Waals surface area contributed by atoms with Crippen LogP contribution in [0.4, 0.5) is 5.69 Å². The molecule has 0 aliphatic rings. The van der Waals surface area contributed by atoms with Crippen molar-refractivity contribution in [1.82, 2.24) is 5.32 Å². The van der Waals surface area contributed by atoms with Gasteiger partial charge < -0.3 is 15.8 Å². The summed E-state index contributed by atoms with van der Waals surface area (Å²) >= 11 is 5.84. The highest BCUT2D eigenvalue weighted by atomic mass is 35.5. The van der Waals surface area contributed by atoms with Gasteiger partial charge in [-0.3, -0.25) is 4.79 Å². The van der Waals surface area contributed by atoms with E-state index in [1.165, 1.54) is 13.0 Å². The van der Waals surface area contributed by atoms with E-state index in [1.54, 1.807) is 12.1 Å². The topological polar surface area (TPSA) is 81.4 Å². The molecular weight excluding hydrogens is 292 g/mol. The van der Waals surface area contributed by atoms with E-state index in [0.717, 1.165) is 6.42 Å². The molecule has 116 valence electrons. The molecule has 1 aromatic carbocycles. The summed E-state index contributed by atoms with van der Waals surface area (Å²) in [5, 5.41) is 3.00. The third-order valence-corrected chi connectivity index (χ3v) is 3.28. The van der Waals surface area contributed by atoms with E-state index in [4.69, 9.17) is 22.1 Å². The molecule has 1 atom stereocenters. The standard InChI is InChI=1S/C15H21ClN2O3/c1-9(2)7-8-18-14(19)10(3)21-15(20)11-5-4-6-12(16)13(11)17/h4-6,9-10H,7-8,17H2,1-3H3,(H,18,19). The van der Waals surface area contributed by atoms with Gasteiger partial charge in [0.15, 0.2) is 6.10 Å². The van der Waals surface area contributed by atoms with Crippen LogP contribution >= 0.6 is 11.6 Å². The highest BCUT2D eigenvalue weighted by Gasteiger charge is 2.20. The molecule has 6 heteroatoms. The molecule has 0 bridgehead atoms. The second kappa shape index (κ2) is 7.88. The number of rotatable bonds is 6. The minimum Gasteiger partial charge on any atom is -0.449 e. The molecule has 1 aromatic rings. The molecular formula is C15H21ClN2O3. The van der Waals surface area contributed by atoms with E-state index in [-0.39, 0.29) is 22.2 Å². The Morgan fingerprint density at radius 1 is 1.33 bits per heavy atom. The first kappa shape index (κ1) is 17.3. The van der Waals surface area contributed by atoms with Crippen molar-refractivity contribution in [3.05, 3.63) is 28.8 Å². The molecule has 1 rings (SSSR count). The van der Waals surface area contributed by atoms with Gasteiger partial charge in [0, 0.05) is 6.54 Å². The fourth-order valence-electron chi connectivity index (χ4n) is 1.62. The maximum absolute atomic E-state index is 12.0. The number of amides is 1. The first-order valence-corrected chi connectivity index (χ1v) is 7.23. The first-order chi connectivity index (χ1) is 9.82. The van der Waals surface area contributed by atoms with Gasteiger partial charge >= 0.3 is 5.97 Å². The lowest BCUT2D eigenvalue weighted by Crippen LogP contribution is -2.36. The average molecular weight is 313 g/mol. The van der Waals surface area contributed by atoms with Gasteiger partial charge in [0.05, 0.1) is 16.3 Å². The minimum atomic E-state index is -0.886. The van der Waals surface area contributed by atoms with Crippen LogP contribution in [0.25, 0.3) is 0 Å². The van der Waals surface area contributed by atoms with Gasteiger partial charge in [-0.25, -0.2) is 4.79 Å². The van der Waals surface area contributed by atoms with Crippen molar-refractivity contribution in [2.45, 2.75) is 33.3 Å². The van der Waals surface area contributed by atoms with Crippen LogP contribution in [0.1, 0.15) is 37.6 Å². The Hall–Kier alpha value is -1.75. The molecule has 0 saturated carbocycles. The summed E-state index contributed by atoms with van der Waals surface area (Å²) in [6.45, 7) is 6.20. The summed E-state index contributed by atoms with van der Waals surface area (Å²) in [5.41, 5.74) is 6.02. The summed E-state index contributed by atoms with van der Waals surface area (Å²) in [4.78, 5) is 23.8. The molecule has 1 amide bonds. The van der Waals surface area contributed by atoms with Crippen molar-refractivity contribution in [3.8, 4) is 0 Å². The third kappa shape index (κ3) is 5.27. The molecule has 0 spiro atoms. The Morgan fingerprint density at radius 2 is 2.00 bits per heavy atom. The Balaban J connectivity index is 2.57. The SMILES string of the molecule is CC(C)CCNC(=O)C(C)OC(=O)c1cccc(Cl)c1N. The predicted octanol–water partition coefficient (Wildman–Crippen LogP) is 2.63. The van der Waals surface area contributed by atoms with Gasteiger partial charge in [-0.2, -0.15) is 0 Å². The van der Waals surface area contributed by atoms with E-state index in [9.17, 15) is 9.59 Å². The summed E-state index contributed by atoms with van der Waals surface area (Å²) in [5.74, 6) is -0.500. The lowest BCUT2D eigenvalue weighted by Gasteiger charge is -2.15. The molecule has 5 nitrogen and oxygen atoms in total. The van der Waals surface area contributed by atoms with Crippen molar-refractivity contribution in [1.29, 1.82) is 0 Å². The first-order valence-electron chi connectivity index (χ1n) is 6.85. The minimum absolute atomic E-state index is 0.150. The number of ether oxygens (including phenoxy) is 1. The van der Waals surface area contributed by atoms with Crippen LogP contribution in [0.2, 0.25) is 5.02 Å². The number of hydrogen-bond donors (Lipinski definition) is 2. The van der Waals surface area contributed by atoms with Gasteiger partial charge in [-0.15, -0.1) is 0 Å². The maximum Gasteiger partial charge on any atom is 0.341 e. The van der Waals surface area contributed by atoms with Crippen molar-refractivity contribution in [2.24, 2.45) is 5.92 Å². The van der Waals surface area contributed by atoms with Crippen LogP contribution < -0.4 is 11.1 Å². The molecule has 0 heterocycles. The zero-order valence-electron chi connectivity index (χ0n) is 12.5. The number of nitrogen functional groups attached to an aromatic ring is 1. The van der Waals surface area contributed by atoms with Gasteiger partial charge in [0.2, 0.25) is 0 Å². The number of nitrogens with one attached hydrogen (secondary N) is 1. The number of carbonyl (C=O) groups is 2. The Kier molecular flexibility index (Phi) is 6.49. The van der Waals surface area contributed by atoms with Crippen LogP contribution in [-0.2, 0) is 9.53 Å². The number of esters is 1. The smallest absolute Gasteiger partial charge is 0.341 e. The molecule has 3 N–H and O–H groups in total. The molecule has 0 aliphatic heterocycles.